The minimum absolute atomic E-state index is 0.0385. The number of hydrogen-bond acceptors (Lipinski definition) is 6. The van der Waals surface area contributed by atoms with Crippen molar-refractivity contribution in [1.82, 2.24) is 20.2 Å². The van der Waals surface area contributed by atoms with Gasteiger partial charge >= 0.3 is 6.09 Å². The molecule has 0 aromatic carbocycles. The molecular formula is C15H16N4O3S. The number of cyclic esters (lactones) is 1. The molecule has 0 radical (unpaired) electrons. The molecule has 23 heavy (non-hydrogen) atoms. The monoisotopic (exact) mass is 332 g/mol. The summed E-state index contributed by atoms with van der Waals surface area (Å²) in [4.78, 5) is 33.0. The van der Waals surface area contributed by atoms with Crippen LogP contribution in [-0.4, -0.2) is 53.1 Å². The van der Waals surface area contributed by atoms with Gasteiger partial charge in [0.1, 0.15) is 18.2 Å². The molecule has 0 unspecified atom stereocenters. The zero-order chi connectivity index (χ0) is 16.1. The van der Waals surface area contributed by atoms with Crippen molar-refractivity contribution in [2.24, 2.45) is 0 Å². The van der Waals surface area contributed by atoms with Crippen LogP contribution in [0.3, 0.4) is 0 Å². The van der Waals surface area contributed by atoms with Gasteiger partial charge in [0.15, 0.2) is 0 Å². The van der Waals surface area contributed by atoms with Crippen LogP contribution in [0.1, 0.15) is 5.69 Å². The number of pyridine rings is 1. The van der Waals surface area contributed by atoms with E-state index in [0.717, 1.165) is 16.3 Å². The van der Waals surface area contributed by atoms with E-state index in [1.165, 1.54) is 4.90 Å². The molecule has 7 nitrogen and oxygen atoms in total. The predicted octanol–water partition coefficient (Wildman–Crippen LogP) is 1.32. The van der Waals surface area contributed by atoms with Crippen LogP contribution in [0, 0.1) is 0 Å². The van der Waals surface area contributed by atoms with E-state index in [1.807, 2.05) is 17.5 Å². The van der Waals surface area contributed by atoms with Gasteiger partial charge in [-0.2, -0.15) is 0 Å². The third-order valence-electron chi connectivity index (χ3n) is 3.34. The third kappa shape index (κ3) is 4.04. The van der Waals surface area contributed by atoms with Crippen LogP contribution < -0.4 is 5.32 Å². The summed E-state index contributed by atoms with van der Waals surface area (Å²) >= 11 is 1.55. The average Bonchev–Trinajstić information content (AvgIpc) is 3.18. The van der Waals surface area contributed by atoms with Crippen LogP contribution in [0.15, 0.2) is 29.9 Å². The molecule has 1 N–H and O–H groups in total. The third-order valence-corrected chi connectivity index (χ3v) is 4.28. The standard InChI is InChI=1S/C15H16N4O3S/c20-13(9-19-6-7-22-15(19)21)17-5-3-12-10-23-14(18-12)11-2-1-4-16-8-11/h1-2,4,8,10H,3,5-7,9H2,(H,17,20). The number of aromatic nitrogens is 2. The highest BCUT2D eigenvalue weighted by Crippen LogP contribution is 2.22. The first-order valence-corrected chi connectivity index (χ1v) is 8.13. The van der Waals surface area contributed by atoms with E-state index in [2.05, 4.69) is 15.3 Å². The molecule has 0 atom stereocenters. The maximum Gasteiger partial charge on any atom is 0.410 e. The Hall–Kier alpha value is -2.48. The maximum atomic E-state index is 11.8. The fourth-order valence-electron chi connectivity index (χ4n) is 2.17. The van der Waals surface area contributed by atoms with Gasteiger partial charge in [-0.15, -0.1) is 11.3 Å². The Kier molecular flexibility index (Phi) is 4.82. The van der Waals surface area contributed by atoms with Crippen molar-refractivity contribution in [2.45, 2.75) is 6.42 Å². The smallest absolute Gasteiger partial charge is 0.410 e. The van der Waals surface area contributed by atoms with E-state index >= 15 is 0 Å². The topological polar surface area (TPSA) is 84.4 Å². The highest BCUT2D eigenvalue weighted by molar-refractivity contribution is 7.13. The first-order valence-electron chi connectivity index (χ1n) is 7.25. The van der Waals surface area contributed by atoms with Crippen LogP contribution in [0.2, 0.25) is 0 Å². The summed E-state index contributed by atoms with van der Waals surface area (Å²) in [6.07, 6.45) is 3.72. The normalized spacial score (nSPS) is 13.9. The van der Waals surface area contributed by atoms with Gasteiger partial charge in [-0.1, -0.05) is 0 Å². The highest BCUT2D eigenvalue weighted by atomic mass is 32.1. The second-order valence-electron chi connectivity index (χ2n) is 5.02. The number of carbonyl (C=O) groups is 2. The largest absolute Gasteiger partial charge is 0.448 e. The van der Waals surface area contributed by atoms with Crippen molar-refractivity contribution in [2.75, 3.05) is 26.2 Å². The van der Waals surface area contributed by atoms with Crippen LogP contribution >= 0.6 is 11.3 Å². The first kappa shape index (κ1) is 15.4. The lowest BCUT2D eigenvalue weighted by Crippen LogP contribution is -2.38. The van der Waals surface area contributed by atoms with Gasteiger partial charge in [-0.05, 0) is 12.1 Å². The Balaban J connectivity index is 1.45. The lowest BCUT2D eigenvalue weighted by molar-refractivity contribution is -0.121. The second kappa shape index (κ2) is 7.19. The van der Waals surface area contributed by atoms with Crippen LogP contribution in [-0.2, 0) is 16.0 Å². The minimum Gasteiger partial charge on any atom is -0.448 e. The van der Waals surface area contributed by atoms with Gasteiger partial charge < -0.3 is 10.1 Å². The van der Waals surface area contributed by atoms with E-state index < -0.39 is 6.09 Å². The predicted molar refractivity (Wildman–Crippen MR) is 85.0 cm³/mol. The van der Waals surface area contributed by atoms with Crippen LogP contribution in [0.5, 0.6) is 0 Å². The quantitative estimate of drug-likeness (QED) is 0.862. The molecule has 0 aliphatic carbocycles. The van der Waals surface area contributed by atoms with Crippen molar-refractivity contribution in [3.05, 3.63) is 35.6 Å². The van der Waals surface area contributed by atoms with Gasteiger partial charge in [0.2, 0.25) is 5.91 Å². The van der Waals surface area contributed by atoms with Crippen molar-refractivity contribution in [3.8, 4) is 10.6 Å². The summed E-state index contributed by atoms with van der Waals surface area (Å²) in [6.45, 7) is 1.34. The number of amides is 2. The fourth-order valence-corrected chi connectivity index (χ4v) is 3.02. The number of nitrogens with one attached hydrogen (secondary N) is 1. The minimum atomic E-state index is -0.430. The Morgan fingerprint density at radius 1 is 1.48 bits per heavy atom. The molecule has 120 valence electrons. The zero-order valence-corrected chi connectivity index (χ0v) is 13.2. The average molecular weight is 332 g/mol. The molecule has 1 aliphatic heterocycles. The number of carbonyl (C=O) groups excluding carboxylic acids is 2. The van der Waals surface area contributed by atoms with Crippen molar-refractivity contribution in [1.29, 1.82) is 0 Å². The van der Waals surface area contributed by atoms with Gasteiger partial charge in [0, 0.05) is 36.3 Å². The van der Waals surface area contributed by atoms with E-state index in [-0.39, 0.29) is 12.5 Å². The van der Waals surface area contributed by atoms with Crippen LogP contribution in [0.4, 0.5) is 4.79 Å². The van der Waals surface area contributed by atoms with Crippen molar-refractivity contribution < 1.29 is 14.3 Å². The molecule has 1 aliphatic rings. The molecule has 2 aromatic rings. The molecule has 0 bridgehead atoms. The van der Waals surface area contributed by atoms with E-state index in [4.69, 9.17) is 4.74 Å². The van der Waals surface area contributed by atoms with Gasteiger partial charge in [-0.25, -0.2) is 9.78 Å². The molecule has 3 heterocycles. The lowest BCUT2D eigenvalue weighted by Gasteiger charge is -2.11. The summed E-state index contributed by atoms with van der Waals surface area (Å²) in [5, 5.41) is 5.69. The highest BCUT2D eigenvalue weighted by Gasteiger charge is 2.23. The number of ether oxygens (including phenoxy) is 1. The molecule has 1 fully saturated rings. The van der Waals surface area contributed by atoms with Crippen molar-refractivity contribution in [3.63, 3.8) is 0 Å². The zero-order valence-electron chi connectivity index (χ0n) is 12.4. The Morgan fingerprint density at radius 2 is 2.39 bits per heavy atom. The number of rotatable bonds is 6. The van der Waals surface area contributed by atoms with E-state index in [0.29, 0.717) is 26.1 Å². The Bertz CT molecular complexity index is 689. The number of hydrogen-bond donors (Lipinski definition) is 1. The molecular weight excluding hydrogens is 316 g/mol. The fraction of sp³-hybridized carbons (Fsp3) is 0.333. The SMILES string of the molecule is O=C(CN1CCOC1=O)NCCc1csc(-c2cccnc2)n1. The molecule has 2 amide bonds. The molecule has 2 aromatic heterocycles. The van der Waals surface area contributed by atoms with Crippen LogP contribution in [0.25, 0.3) is 10.6 Å². The summed E-state index contributed by atoms with van der Waals surface area (Å²) in [6, 6.07) is 3.84. The number of nitrogens with zero attached hydrogens (tertiary/aromatic N) is 3. The van der Waals surface area contributed by atoms with Gasteiger partial charge in [-0.3, -0.25) is 14.7 Å². The summed E-state index contributed by atoms with van der Waals surface area (Å²) in [7, 11) is 0. The van der Waals surface area contributed by atoms with Gasteiger partial charge in [0.25, 0.3) is 0 Å². The second-order valence-corrected chi connectivity index (χ2v) is 5.88. The molecule has 3 rings (SSSR count). The maximum absolute atomic E-state index is 11.8. The Morgan fingerprint density at radius 3 is 3.13 bits per heavy atom. The number of thiazole rings is 1. The molecule has 0 saturated carbocycles. The van der Waals surface area contributed by atoms with Gasteiger partial charge in [0.05, 0.1) is 12.2 Å². The van der Waals surface area contributed by atoms with E-state index in [1.54, 1.807) is 23.7 Å². The molecule has 0 spiro atoms. The molecule has 8 heteroatoms. The summed E-state index contributed by atoms with van der Waals surface area (Å²) in [5.41, 5.74) is 1.91. The summed E-state index contributed by atoms with van der Waals surface area (Å²) < 4.78 is 4.78. The van der Waals surface area contributed by atoms with Crippen molar-refractivity contribution >= 4 is 23.3 Å². The van der Waals surface area contributed by atoms with E-state index in [9.17, 15) is 9.59 Å². The Labute approximate surface area is 137 Å². The molecule has 1 saturated heterocycles. The first-order chi connectivity index (χ1) is 11.2. The summed E-state index contributed by atoms with van der Waals surface area (Å²) in [5.74, 6) is -0.188. The lowest BCUT2D eigenvalue weighted by atomic mass is 10.3.